The summed E-state index contributed by atoms with van der Waals surface area (Å²) in [5.74, 6) is -0.888. The summed E-state index contributed by atoms with van der Waals surface area (Å²) in [5, 5.41) is 22.5. The predicted octanol–water partition coefficient (Wildman–Crippen LogP) is -1.11. The minimum Gasteiger partial charge on any atom is -0.388 e. The molecule has 8 nitrogen and oxygen atoms in total. The van der Waals surface area contributed by atoms with E-state index < -0.39 is 30.1 Å². The van der Waals surface area contributed by atoms with Gasteiger partial charge >= 0.3 is 0 Å². The fraction of sp³-hybridized carbons (Fsp3) is 0.867. The third-order valence-corrected chi connectivity index (χ3v) is 3.76. The molecule has 0 radical (unpaired) electrons. The van der Waals surface area contributed by atoms with Gasteiger partial charge in [0.25, 0.3) is 0 Å². The lowest BCUT2D eigenvalue weighted by Gasteiger charge is -2.25. The first-order valence-electron chi connectivity index (χ1n) is 8.02. The fourth-order valence-electron chi connectivity index (χ4n) is 2.45. The van der Waals surface area contributed by atoms with Gasteiger partial charge in [-0.1, -0.05) is 19.8 Å². The maximum absolute atomic E-state index is 12.2. The number of nitrogens with one attached hydrogen (secondary N) is 1. The van der Waals surface area contributed by atoms with Gasteiger partial charge in [-0.25, -0.2) is 0 Å². The number of unbranched alkanes of at least 4 members (excludes halogenated alkanes) is 2. The Labute approximate surface area is 136 Å². The van der Waals surface area contributed by atoms with Gasteiger partial charge in [-0.3, -0.25) is 9.59 Å². The Morgan fingerprint density at radius 2 is 2.00 bits per heavy atom. The summed E-state index contributed by atoms with van der Waals surface area (Å²) in [4.78, 5) is 25.5. The van der Waals surface area contributed by atoms with E-state index in [9.17, 15) is 19.8 Å². The van der Waals surface area contributed by atoms with Crippen molar-refractivity contribution in [3.05, 3.63) is 0 Å². The van der Waals surface area contributed by atoms with Crippen molar-refractivity contribution >= 4 is 11.8 Å². The Morgan fingerprint density at radius 3 is 2.65 bits per heavy atom. The van der Waals surface area contributed by atoms with Gasteiger partial charge in [0, 0.05) is 13.7 Å². The summed E-state index contributed by atoms with van der Waals surface area (Å²) in [7, 11) is 1.53. The molecule has 3 N–H and O–H groups in total. The van der Waals surface area contributed by atoms with Gasteiger partial charge in [0.05, 0.1) is 25.9 Å². The molecule has 23 heavy (non-hydrogen) atoms. The number of likely N-dealkylation sites (tertiary alicyclic amines) is 1. The van der Waals surface area contributed by atoms with Gasteiger partial charge < -0.3 is 29.9 Å². The standard InChI is InChI=1S/C15H28N2O6/c1-3-4-5-6-16-15(21)13-14(20)11(18)9-17(13)12(19)10-23-8-7-22-2/h11,13-14,18,20H,3-10H2,1-2H3,(H,16,21)/t11-,13-,14-/m0/s1. The first-order valence-corrected chi connectivity index (χ1v) is 8.02. The van der Waals surface area contributed by atoms with Crippen molar-refractivity contribution in [1.82, 2.24) is 10.2 Å². The molecule has 1 rings (SSSR count). The molecule has 0 aromatic rings. The number of ether oxygens (including phenoxy) is 2. The second-order valence-corrected chi connectivity index (χ2v) is 5.59. The van der Waals surface area contributed by atoms with E-state index in [2.05, 4.69) is 12.2 Å². The molecule has 3 atom stereocenters. The minimum absolute atomic E-state index is 0.0827. The van der Waals surface area contributed by atoms with E-state index in [1.807, 2.05) is 0 Å². The summed E-state index contributed by atoms with van der Waals surface area (Å²) >= 11 is 0. The summed E-state index contributed by atoms with van der Waals surface area (Å²) in [6.07, 6.45) is 0.436. The maximum Gasteiger partial charge on any atom is 0.249 e. The van der Waals surface area contributed by atoms with Crippen LogP contribution in [0, 0.1) is 0 Å². The smallest absolute Gasteiger partial charge is 0.249 e. The van der Waals surface area contributed by atoms with Crippen LogP contribution in [-0.2, 0) is 19.1 Å². The second kappa shape index (κ2) is 10.5. The van der Waals surface area contributed by atoms with Crippen LogP contribution in [0.5, 0.6) is 0 Å². The third kappa shape index (κ3) is 6.06. The van der Waals surface area contributed by atoms with E-state index in [-0.39, 0.29) is 19.8 Å². The summed E-state index contributed by atoms with van der Waals surface area (Å²) in [6.45, 7) is 2.86. The van der Waals surface area contributed by atoms with E-state index in [4.69, 9.17) is 9.47 Å². The first-order chi connectivity index (χ1) is 11.0. The topological polar surface area (TPSA) is 108 Å². The number of aliphatic hydroxyl groups is 2. The molecule has 1 aliphatic heterocycles. The molecule has 1 saturated heterocycles. The molecular weight excluding hydrogens is 304 g/mol. The molecule has 0 unspecified atom stereocenters. The van der Waals surface area contributed by atoms with Crippen molar-refractivity contribution < 1.29 is 29.3 Å². The zero-order chi connectivity index (χ0) is 17.2. The van der Waals surface area contributed by atoms with Crippen LogP contribution in [0.3, 0.4) is 0 Å². The fourth-order valence-corrected chi connectivity index (χ4v) is 2.45. The predicted molar refractivity (Wildman–Crippen MR) is 82.7 cm³/mol. The number of carbonyl (C=O) groups excluding carboxylic acids is 2. The van der Waals surface area contributed by atoms with Gasteiger partial charge in [-0.2, -0.15) is 0 Å². The molecule has 2 amide bonds. The highest BCUT2D eigenvalue weighted by molar-refractivity contribution is 5.89. The van der Waals surface area contributed by atoms with Crippen LogP contribution in [0.25, 0.3) is 0 Å². The maximum atomic E-state index is 12.2. The number of hydrogen-bond acceptors (Lipinski definition) is 6. The molecule has 8 heteroatoms. The molecule has 134 valence electrons. The van der Waals surface area contributed by atoms with E-state index >= 15 is 0 Å². The van der Waals surface area contributed by atoms with E-state index in [1.54, 1.807) is 0 Å². The summed E-state index contributed by atoms with van der Waals surface area (Å²) < 4.78 is 9.96. The Kier molecular flexibility index (Phi) is 9.08. The molecule has 0 saturated carbocycles. The number of hydrogen-bond donors (Lipinski definition) is 3. The van der Waals surface area contributed by atoms with Crippen molar-refractivity contribution in [1.29, 1.82) is 0 Å². The Morgan fingerprint density at radius 1 is 1.26 bits per heavy atom. The number of methoxy groups -OCH3 is 1. The molecule has 0 aromatic heterocycles. The minimum atomic E-state index is -1.29. The average molecular weight is 332 g/mol. The van der Waals surface area contributed by atoms with E-state index in [0.29, 0.717) is 13.2 Å². The highest BCUT2D eigenvalue weighted by Crippen LogP contribution is 2.19. The van der Waals surface area contributed by atoms with E-state index in [0.717, 1.165) is 19.3 Å². The largest absolute Gasteiger partial charge is 0.388 e. The lowest BCUT2D eigenvalue weighted by Crippen LogP contribution is -2.51. The summed E-state index contributed by atoms with van der Waals surface area (Å²) in [5.41, 5.74) is 0. The monoisotopic (exact) mass is 332 g/mol. The molecule has 0 spiro atoms. The number of nitrogens with zero attached hydrogens (tertiary/aromatic N) is 1. The number of rotatable bonds is 10. The van der Waals surface area contributed by atoms with Crippen LogP contribution in [0.2, 0.25) is 0 Å². The summed E-state index contributed by atoms with van der Waals surface area (Å²) in [6, 6.07) is -1.08. The van der Waals surface area contributed by atoms with Gasteiger partial charge in [-0.05, 0) is 6.42 Å². The quantitative estimate of drug-likeness (QED) is 0.438. The lowest BCUT2D eigenvalue weighted by atomic mass is 10.1. The highest BCUT2D eigenvalue weighted by Gasteiger charge is 2.46. The SMILES string of the molecule is CCCCCNC(=O)[C@@H]1[C@@H](O)[C@@H](O)CN1C(=O)COCCOC. The Bertz CT molecular complexity index is 379. The van der Waals surface area contributed by atoms with Crippen molar-refractivity contribution in [2.75, 3.05) is 40.0 Å². The van der Waals surface area contributed by atoms with Crippen molar-refractivity contribution in [2.45, 2.75) is 44.4 Å². The third-order valence-electron chi connectivity index (χ3n) is 3.76. The average Bonchev–Trinajstić information content (AvgIpc) is 2.83. The first kappa shape index (κ1) is 19.8. The lowest BCUT2D eigenvalue weighted by molar-refractivity contribution is -0.144. The number of β-amino-alcohol motifs (C(OH)–C–C–N with tert-alkyl or cyclic N) is 1. The van der Waals surface area contributed by atoms with Crippen LogP contribution >= 0.6 is 0 Å². The highest BCUT2D eigenvalue weighted by atomic mass is 16.5. The zero-order valence-corrected chi connectivity index (χ0v) is 13.9. The van der Waals surface area contributed by atoms with Crippen molar-refractivity contribution in [2.24, 2.45) is 0 Å². The second-order valence-electron chi connectivity index (χ2n) is 5.59. The number of carbonyl (C=O) groups is 2. The van der Waals surface area contributed by atoms with Crippen LogP contribution in [-0.4, -0.2) is 85.2 Å². The van der Waals surface area contributed by atoms with Crippen LogP contribution in [0.4, 0.5) is 0 Å². The van der Waals surface area contributed by atoms with Crippen molar-refractivity contribution in [3.8, 4) is 0 Å². The number of amides is 2. The normalized spacial score (nSPS) is 24.0. The van der Waals surface area contributed by atoms with Crippen LogP contribution in [0.1, 0.15) is 26.2 Å². The van der Waals surface area contributed by atoms with E-state index in [1.165, 1.54) is 12.0 Å². The van der Waals surface area contributed by atoms with Crippen molar-refractivity contribution in [3.63, 3.8) is 0 Å². The Balaban J connectivity index is 2.54. The molecule has 0 aromatic carbocycles. The molecule has 0 bridgehead atoms. The number of aliphatic hydroxyl groups excluding tert-OH is 2. The molecule has 1 heterocycles. The zero-order valence-electron chi connectivity index (χ0n) is 13.9. The van der Waals surface area contributed by atoms with Gasteiger partial charge in [0.1, 0.15) is 18.8 Å². The van der Waals surface area contributed by atoms with Gasteiger partial charge in [0.15, 0.2) is 0 Å². The van der Waals surface area contributed by atoms with Crippen LogP contribution in [0.15, 0.2) is 0 Å². The molecule has 0 aliphatic carbocycles. The molecule has 1 aliphatic rings. The van der Waals surface area contributed by atoms with Gasteiger partial charge in [-0.15, -0.1) is 0 Å². The molecular formula is C15H28N2O6. The Hall–Kier alpha value is -1.22. The van der Waals surface area contributed by atoms with Gasteiger partial charge in [0.2, 0.25) is 11.8 Å². The van der Waals surface area contributed by atoms with Crippen LogP contribution < -0.4 is 5.32 Å². The molecule has 1 fully saturated rings.